The summed E-state index contributed by atoms with van der Waals surface area (Å²) in [5.41, 5.74) is 6.99. The molecule has 4 nitrogen and oxygen atoms in total. The van der Waals surface area contributed by atoms with Crippen LogP contribution in [0.2, 0.25) is 0 Å². The third kappa shape index (κ3) is 4.10. The summed E-state index contributed by atoms with van der Waals surface area (Å²) in [4.78, 5) is 12.6. The van der Waals surface area contributed by atoms with Crippen molar-refractivity contribution in [2.75, 3.05) is 13.2 Å². The predicted octanol–water partition coefficient (Wildman–Crippen LogP) is 5.21. The van der Waals surface area contributed by atoms with Crippen LogP contribution in [0, 0.1) is 0 Å². The first-order valence-corrected chi connectivity index (χ1v) is 10.5. The van der Waals surface area contributed by atoms with Gasteiger partial charge < -0.3 is 15.2 Å². The van der Waals surface area contributed by atoms with Gasteiger partial charge in [0.2, 0.25) is 0 Å². The number of carbonyl (C=O) groups excluding carboxylic acids is 1. The minimum atomic E-state index is -0.463. The Morgan fingerprint density at radius 1 is 0.967 bits per heavy atom. The Hall–Kier alpha value is -3.11. The van der Waals surface area contributed by atoms with Crippen LogP contribution >= 0.6 is 0 Å². The third-order valence-electron chi connectivity index (χ3n) is 5.84. The van der Waals surface area contributed by atoms with Crippen LogP contribution in [0.5, 0.6) is 0 Å². The zero-order valence-electron chi connectivity index (χ0n) is 17.2. The molecule has 1 atom stereocenters. The van der Waals surface area contributed by atoms with Gasteiger partial charge in [-0.3, -0.25) is 0 Å². The number of fused-ring (bicyclic) bond motifs is 3. The average Bonchev–Trinajstić information content (AvgIpc) is 3.11. The fourth-order valence-corrected chi connectivity index (χ4v) is 4.22. The van der Waals surface area contributed by atoms with Crippen LogP contribution < -0.4 is 5.32 Å². The topological polar surface area (TPSA) is 58.6 Å². The van der Waals surface area contributed by atoms with E-state index in [-0.39, 0.29) is 25.2 Å². The second-order valence-corrected chi connectivity index (χ2v) is 7.63. The van der Waals surface area contributed by atoms with E-state index >= 15 is 0 Å². The van der Waals surface area contributed by atoms with Crippen molar-refractivity contribution in [3.05, 3.63) is 95.1 Å². The summed E-state index contributed by atoms with van der Waals surface area (Å²) in [5.74, 6) is 0.0308. The van der Waals surface area contributed by atoms with E-state index in [4.69, 9.17) is 4.74 Å². The normalized spacial score (nSPS) is 13.4. The van der Waals surface area contributed by atoms with Gasteiger partial charge in [-0.2, -0.15) is 0 Å². The van der Waals surface area contributed by atoms with Crippen molar-refractivity contribution in [1.82, 2.24) is 5.32 Å². The number of hydrogen-bond donors (Lipinski definition) is 2. The lowest BCUT2D eigenvalue weighted by molar-refractivity contribution is 0.136. The van der Waals surface area contributed by atoms with Crippen LogP contribution in [0.15, 0.2) is 72.8 Å². The molecule has 0 heterocycles. The van der Waals surface area contributed by atoms with Gasteiger partial charge in [0.1, 0.15) is 6.61 Å². The maximum atomic E-state index is 12.6. The second kappa shape index (κ2) is 9.14. The second-order valence-electron chi connectivity index (χ2n) is 7.63. The molecule has 3 aromatic carbocycles. The maximum absolute atomic E-state index is 12.6. The molecule has 1 amide bonds. The maximum Gasteiger partial charge on any atom is 0.407 e. The lowest BCUT2D eigenvalue weighted by atomic mass is 9.98. The summed E-state index contributed by atoms with van der Waals surface area (Å²) < 4.78 is 5.65. The molecule has 1 aliphatic carbocycles. The minimum Gasteiger partial charge on any atom is -0.449 e. The molecule has 0 saturated carbocycles. The van der Waals surface area contributed by atoms with Crippen LogP contribution in [0.3, 0.4) is 0 Å². The largest absolute Gasteiger partial charge is 0.449 e. The van der Waals surface area contributed by atoms with Gasteiger partial charge in [0, 0.05) is 12.5 Å². The molecule has 3 aromatic rings. The highest BCUT2D eigenvalue weighted by Crippen LogP contribution is 2.44. The van der Waals surface area contributed by atoms with Gasteiger partial charge in [-0.1, -0.05) is 79.7 Å². The molecule has 0 aliphatic heterocycles. The fraction of sp³-hybridized carbons (Fsp3) is 0.269. The fourth-order valence-electron chi connectivity index (χ4n) is 4.22. The smallest absolute Gasteiger partial charge is 0.407 e. The molecule has 2 N–H and O–H groups in total. The van der Waals surface area contributed by atoms with Crippen LogP contribution in [0.1, 0.15) is 47.6 Å². The summed E-state index contributed by atoms with van der Waals surface area (Å²) in [7, 11) is 0. The quantitative estimate of drug-likeness (QED) is 0.571. The number of nitrogens with one attached hydrogen (secondary N) is 1. The van der Waals surface area contributed by atoms with Crippen LogP contribution in [0.4, 0.5) is 4.79 Å². The number of aliphatic hydroxyl groups excluding tert-OH is 1. The Morgan fingerprint density at radius 2 is 1.57 bits per heavy atom. The Balaban J connectivity index is 1.45. The summed E-state index contributed by atoms with van der Waals surface area (Å²) in [6.07, 6.45) is 0.940. The molecule has 30 heavy (non-hydrogen) atoms. The van der Waals surface area contributed by atoms with Crippen molar-refractivity contribution in [3.63, 3.8) is 0 Å². The molecule has 0 fully saturated rings. The van der Waals surface area contributed by atoms with Gasteiger partial charge in [0.25, 0.3) is 0 Å². The highest BCUT2D eigenvalue weighted by atomic mass is 16.5. The number of rotatable bonds is 7. The van der Waals surface area contributed by atoms with Crippen LogP contribution in [-0.4, -0.2) is 24.4 Å². The molecule has 4 rings (SSSR count). The van der Waals surface area contributed by atoms with E-state index in [9.17, 15) is 9.90 Å². The Bertz CT molecular complexity index is 967. The number of benzene rings is 3. The number of aryl methyl sites for hydroxylation is 1. The summed E-state index contributed by atoms with van der Waals surface area (Å²) in [6, 6.07) is 24.4. The summed E-state index contributed by atoms with van der Waals surface area (Å²) in [5, 5.41) is 12.4. The highest BCUT2D eigenvalue weighted by molar-refractivity contribution is 5.79. The molecular formula is C26H27NO3. The lowest BCUT2D eigenvalue weighted by Gasteiger charge is -2.20. The zero-order chi connectivity index (χ0) is 20.9. The van der Waals surface area contributed by atoms with Crippen molar-refractivity contribution >= 4 is 6.09 Å². The van der Waals surface area contributed by atoms with E-state index in [0.717, 1.165) is 12.0 Å². The standard InChI is InChI=1S/C26H27NO3/c1-2-18-11-13-19(14-12-18)25(15-16-28)27-26(29)30-17-24-22-9-5-3-7-20(22)21-8-4-6-10-23(21)24/h3-14,24-25,28H,2,15-17H2,1H3,(H,27,29)/t25-/m1/s1. The Kier molecular flexibility index (Phi) is 6.15. The number of aliphatic hydroxyl groups is 1. The Morgan fingerprint density at radius 3 is 2.13 bits per heavy atom. The molecule has 0 radical (unpaired) electrons. The monoisotopic (exact) mass is 401 g/mol. The van der Waals surface area contributed by atoms with Gasteiger partial charge in [0.15, 0.2) is 0 Å². The molecule has 0 unspecified atom stereocenters. The van der Waals surface area contributed by atoms with Gasteiger partial charge in [0.05, 0.1) is 6.04 Å². The molecule has 0 bridgehead atoms. The average molecular weight is 402 g/mol. The van der Waals surface area contributed by atoms with Gasteiger partial charge in [-0.05, 0) is 46.2 Å². The van der Waals surface area contributed by atoms with E-state index in [1.54, 1.807) is 0 Å². The predicted molar refractivity (Wildman–Crippen MR) is 118 cm³/mol. The van der Waals surface area contributed by atoms with Crippen molar-refractivity contribution in [2.24, 2.45) is 0 Å². The first-order valence-electron chi connectivity index (χ1n) is 10.5. The first-order chi connectivity index (χ1) is 14.7. The van der Waals surface area contributed by atoms with E-state index in [1.807, 2.05) is 36.4 Å². The third-order valence-corrected chi connectivity index (χ3v) is 5.84. The van der Waals surface area contributed by atoms with E-state index in [2.05, 4.69) is 48.6 Å². The molecular weight excluding hydrogens is 374 g/mol. The molecule has 1 aliphatic rings. The summed E-state index contributed by atoms with van der Waals surface area (Å²) in [6.45, 7) is 2.37. The molecule has 4 heteroatoms. The summed E-state index contributed by atoms with van der Waals surface area (Å²) >= 11 is 0. The number of carbonyl (C=O) groups is 1. The van der Waals surface area contributed by atoms with Crippen LogP contribution in [0.25, 0.3) is 11.1 Å². The zero-order valence-corrected chi connectivity index (χ0v) is 17.2. The van der Waals surface area contributed by atoms with Crippen molar-refractivity contribution in [3.8, 4) is 11.1 Å². The minimum absolute atomic E-state index is 0.0101. The van der Waals surface area contributed by atoms with E-state index in [0.29, 0.717) is 6.42 Å². The molecule has 0 aromatic heterocycles. The lowest BCUT2D eigenvalue weighted by Crippen LogP contribution is -2.31. The van der Waals surface area contributed by atoms with Crippen molar-refractivity contribution < 1.29 is 14.6 Å². The molecule has 154 valence electrons. The van der Waals surface area contributed by atoms with Crippen molar-refractivity contribution in [2.45, 2.75) is 31.7 Å². The van der Waals surface area contributed by atoms with Crippen LogP contribution in [-0.2, 0) is 11.2 Å². The first kappa shape index (κ1) is 20.2. The van der Waals surface area contributed by atoms with E-state index < -0.39 is 6.09 Å². The van der Waals surface area contributed by atoms with Gasteiger partial charge in [-0.15, -0.1) is 0 Å². The number of alkyl carbamates (subject to hydrolysis) is 1. The molecule has 0 saturated heterocycles. The van der Waals surface area contributed by atoms with Gasteiger partial charge in [-0.25, -0.2) is 4.79 Å². The van der Waals surface area contributed by atoms with Gasteiger partial charge >= 0.3 is 6.09 Å². The van der Waals surface area contributed by atoms with E-state index in [1.165, 1.54) is 27.8 Å². The van der Waals surface area contributed by atoms with Crippen molar-refractivity contribution in [1.29, 1.82) is 0 Å². The number of hydrogen-bond acceptors (Lipinski definition) is 3. The highest BCUT2D eigenvalue weighted by Gasteiger charge is 2.29. The number of amides is 1. The Labute approximate surface area is 177 Å². The SMILES string of the molecule is CCc1ccc([C@@H](CCO)NC(=O)OCC2c3ccccc3-c3ccccc32)cc1. The molecule has 0 spiro atoms. The number of ether oxygens (including phenoxy) is 1.